The van der Waals surface area contributed by atoms with E-state index in [2.05, 4.69) is 4.72 Å². The molecule has 2 N–H and O–H groups in total. The Balaban J connectivity index is 2.28. The number of ether oxygens (including phenoxy) is 1. The highest BCUT2D eigenvalue weighted by atomic mass is 32.2. The van der Waals surface area contributed by atoms with E-state index < -0.39 is 10.2 Å². The number of rotatable bonds is 4. The molecule has 1 aliphatic heterocycles. The first kappa shape index (κ1) is 14.9. The van der Waals surface area contributed by atoms with Gasteiger partial charge in [-0.3, -0.25) is 4.72 Å². The summed E-state index contributed by atoms with van der Waals surface area (Å²) in [6, 6.07) is 4.56. The molecule has 0 saturated carbocycles. The number of aromatic hydroxyl groups is 1. The van der Waals surface area contributed by atoms with Crippen LogP contribution in [-0.2, 0) is 10.2 Å². The van der Waals surface area contributed by atoms with Gasteiger partial charge in [-0.15, -0.1) is 0 Å². The van der Waals surface area contributed by atoms with Crippen LogP contribution < -0.4 is 9.46 Å². The van der Waals surface area contributed by atoms with E-state index in [0.29, 0.717) is 12.3 Å². The maximum absolute atomic E-state index is 12.4. The number of anilines is 1. The lowest BCUT2D eigenvalue weighted by molar-refractivity contribution is 0.270. The van der Waals surface area contributed by atoms with Gasteiger partial charge in [0.25, 0.3) is 0 Å². The molecule has 1 aromatic carbocycles. The summed E-state index contributed by atoms with van der Waals surface area (Å²) in [6.45, 7) is 2.38. The topological polar surface area (TPSA) is 78.9 Å². The first-order chi connectivity index (χ1) is 9.45. The minimum absolute atomic E-state index is 0.0434. The summed E-state index contributed by atoms with van der Waals surface area (Å²) in [7, 11) is -2.27. The fraction of sp³-hybridized carbons (Fsp3) is 0.538. The molecule has 0 bridgehead atoms. The number of phenolic OH excluding ortho intramolecular Hbond substituents is 1. The quantitative estimate of drug-likeness (QED) is 0.833. The van der Waals surface area contributed by atoms with Crippen molar-refractivity contribution in [1.82, 2.24) is 4.31 Å². The molecular weight excluding hydrogens is 280 g/mol. The van der Waals surface area contributed by atoms with Crippen molar-refractivity contribution in [2.45, 2.75) is 32.2 Å². The predicted octanol–water partition coefficient (Wildman–Crippen LogP) is 1.93. The fourth-order valence-corrected chi connectivity index (χ4v) is 3.94. The summed E-state index contributed by atoms with van der Waals surface area (Å²) >= 11 is 0. The molecule has 0 aromatic heterocycles. The van der Waals surface area contributed by atoms with E-state index >= 15 is 0 Å². The van der Waals surface area contributed by atoms with Crippen molar-refractivity contribution in [3.63, 3.8) is 0 Å². The highest BCUT2D eigenvalue weighted by Gasteiger charge is 2.30. The van der Waals surface area contributed by atoms with Crippen molar-refractivity contribution in [2.24, 2.45) is 0 Å². The molecule has 20 heavy (non-hydrogen) atoms. The molecule has 1 heterocycles. The molecular formula is C13H20N2O4S. The first-order valence-electron chi connectivity index (χ1n) is 6.61. The predicted molar refractivity (Wildman–Crippen MR) is 77.2 cm³/mol. The summed E-state index contributed by atoms with van der Waals surface area (Å²) in [6.07, 6.45) is 2.73. The van der Waals surface area contributed by atoms with Crippen molar-refractivity contribution in [3.8, 4) is 11.5 Å². The average molecular weight is 300 g/mol. The lowest BCUT2D eigenvalue weighted by Gasteiger charge is -2.32. The van der Waals surface area contributed by atoms with Crippen molar-refractivity contribution >= 4 is 15.9 Å². The molecule has 2 rings (SSSR count). The summed E-state index contributed by atoms with van der Waals surface area (Å²) in [5, 5.41) is 9.82. The Morgan fingerprint density at radius 3 is 2.80 bits per heavy atom. The zero-order valence-corrected chi connectivity index (χ0v) is 12.5. The molecule has 1 saturated heterocycles. The molecule has 1 fully saturated rings. The second-order valence-electron chi connectivity index (χ2n) is 4.92. The van der Waals surface area contributed by atoms with E-state index in [-0.39, 0.29) is 17.5 Å². The van der Waals surface area contributed by atoms with Gasteiger partial charge in [0.2, 0.25) is 0 Å². The monoisotopic (exact) mass is 300 g/mol. The van der Waals surface area contributed by atoms with Gasteiger partial charge < -0.3 is 9.84 Å². The fourth-order valence-electron chi connectivity index (χ4n) is 2.41. The second-order valence-corrected chi connectivity index (χ2v) is 6.54. The van der Waals surface area contributed by atoms with E-state index in [1.54, 1.807) is 12.1 Å². The number of nitrogens with zero attached hydrogens (tertiary/aromatic N) is 1. The summed E-state index contributed by atoms with van der Waals surface area (Å²) < 4.78 is 33.8. The van der Waals surface area contributed by atoms with E-state index in [4.69, 9.17) is 4.74 Å². The van der Waals surface area contributed by atoms with Gasteiger partial charge in [-0.25, -0.2) is 0 Å². The number of nitrogens with one attached hydrogen (secondary N) is 1. The highest BCUT2D eigenvalue weighted by Crippen LogP contribution is 2.35. The number of para-hydroxylation sites is 1. The molecule has 1 aromatic rings. The van der Waals surface area contributed by atoms with Crippen LogP contribution in [0.25, 0.3) is 0 Å². The van der Waals surface area contributed by atoms with Crippen LogP contribution >= 0.6 is 0 Å². The minimum atomic E-state index is -3.70. The van der Waals surface area contributed by atoms with Gasteiger partial charge >= 0.3 is 10.2 Å². The summed E-state index contributed by atoms with van der Waals surface area (Å²) in [4.78, 5) is 0. The second kappa shape index (κ2) is 5.88. The van der Waals surface area contributed by atoms with E-state index in [1.807, 2.05) is 6.92 Å². The largest absolute Gasteiger partial charge is 0.506 e. The molecule has 7 heteroatoms. The molecule has 112 valence electrons. The summed E-state index contributed by atoms with van der Waals surface area (Å²) in [5.41, 5.74) is 0.0766. The Morgan fingerprint density at radius 2 is 2.15 bits per heavy atom. The standard InChI is InChI=1S/C13H20N2O4S/c1-10-6-3-4-9-15(10)20(17,18)14-13-11(16)7-5-8-12(13)19-2/h5,7-8,10,14,16H,3-4,6,9H2,1-2H3. The molecule has 1 unspecified atom stereocenters. The molecule has 0 radical (unpaired) electrons. The van der Waals surface area contributed by atoms with Gasteiger partial charge in [-0.05, 0) is 31.9 Å². The van der Waals surface area contributed by atoms with E-state index in [0.717, 1.165) is 19.3 Å². The number of hydrogen-bond acceptors (Lipinski definition) is 4. The Kier molecular flexibility index (Phi) is 4.39. The van der Waals surface area contributed by atoms with Crippen LogP contribution in [0.1, 0.15) is 26.2 Å². The van der Waals surface area contributed by atoms with Gasteiger partial charge in [0.05, 0.1) is 7.11 Å². The van der Waals surface area contributed by atoms with Crippen LogP contribution in [0.15, 0.2) is 18.2 Å². The van der Waals surface area contributed by atoms with Crippen molar-refractivity contribution in [1.29, 1.82) is 0 Å². The third-order valence-electron chi connectivity index (χ3n) is 3.51. The highest BCUT2D eigenvalue weighted by molar-refractivity contribution is 7.90. The lowest BCUT2D eigenvalue weighted by Crippen LogP contribution is -2.44. The number of piperidine rings is 1. The zero-order chi connectivity index (χ0) is 14.8. The number of methoxy groups -OCH3 is 1. The Labute approximate surface area is 119 Å². The Hall–Kier alpha value is -1.47. The molecule has 0 amide bonds. The zero-order valence-electron chi connectivity index (χ0n) is 11.7. The average Bonchev–Trinajstić information content (AvgIpc) is 2.41. The van der Waals surface area contributed by atoms with Crippen molar-refractivity contribution in [2.75, 3.05) is 18.4 Å². The van der Waals surface area contributed by atoms with Crippen LogP contribution in [0.5, 0.6) is 11.5 Å². The lowest BCUT2D eigenvalue weighted by atomic mass is 10.1. The van der Waals surface area contributed by atoms with Gasteiger partial charge in [-0.2, -0.15) is 12.7 Å². The third-order valence-corrected chi connectivity index (χ3v) is 5.13. The molecule has 1 atom stereocenters. The van der Waals surface area contributed by atoms with E-state index in [9.17, 15) is 13.5 Å². The van der Waals surface area contributed by atoms with Crippen LogP contribution in [0.2, 0.25) is 0 Å². The van der Waals surface area contributed by atoms with Crippen molar-refractivity contribution in [3.05, 3.63) is 18.2 Å². The van der Waals surface area contributed by atoms with Gasteiger partial charge in [0, 0.05) is 12.6 Å². The maximum Gasteiger partial charge on any atom is 0.302 e. The van der Waals surface area contributed by atoms with Gasteiger partial charge in [0.15, 0.2) is 0 Å². The van der Waals surface area contributed by atoms with E-state index in [1.165, 1.54) is 17.5 Å². The number of benzene rings is 1. The smallest absolute Gasteiger partial charge is 0.302 e. The van der Waals surface area contributed by atoms with Crippen LogP contribution in [0.3, 0.4) is 0 Å². The van der Waals surface area contributed by atoms with Gasteiger partial charge in [0.1, 0.15) is 17.2 Å². The van der Waals surface area contributed by atoms with Crippen LogP contribution in [0.4, 0.5) is 5.69 Å². The number of phenols is 1. The SMILES string of the molecule is COc1cccc(O)c1NS(=O)(=O)N1CCCCC1C. The van der Waals surface area contributed by atoms with Crippen molar-refractivity contribution < 1.29 is 18.3 Å². The number of hydrogen-bond donors (Lipinski definition) is 2. The molecule has 1 aliphatic rings. The maximum atomic E-state index is 12.4. The Morgan fingerprint density at radius 1 is 1.40 bits per heavy atom. The minimum Gasteiger partial charge on any atom is -0.506 e. The molecule has 0 aliphatic carbocycles. The Bertz CT molecular complexity index is 574. The molecule has 6 nitrogen and oxygen atoms in total. The van der Waals surface area contributed by atoms with Crippen LogP contribution in [0, 0.1) is 0 Å². The van der Waals surface area contributed by atoms with Gasteiger partial charge in [-0.1, -0.05) is 12.5 Å². The summed E-state index contributed by atoms with van der Waals surface area (Å²) in [5.74, 6) is 0.135. The van der Waals surface area contributed by atoms with Crippen LogP contribution in [-0.4, -0.2) is 37.5 Å². The normalized spacial score (nSPS) is 20.6. The molecule has 0 spiro atoms. The third kappa shape index (κ3) is 2.99. The first-order valence-corrected chi connectivity index (χ1v) is 8.05.